The summed E-state index contributed by atoms with van der Waals surface area (Å²) in [6.07, 6.45) is 2.17. The molecule has 0 saturated carbocycles. The first-order chi connectivity index (χ1) is 6.36. The summed E-state index contributed by atoms with van der Waals surface area (Å²) in [5, 5.41) is 0. The lowest BCUT2D eigenvalue weighted by Gasteiger charge is -2.30. The molecule has 1 aromatic rings. The molecule has 0 amide bonds. The molecular weight excluding hydrogens is 160 g/mol. The maximum atomic E-state index is 5.83. The molecule has 1 heterocycles. The van der Waals surface area contributed by atoms with Crippen molar-refractivity contribution in [2.45, 2.75) is 18.9 Å². The molecule has 1 aliphatic heterocycles. The van der Waals surface area contributed by atoms with Crippen molar-refractivity contribution in [2.75, 3.05) is 18.0 Å². The fourth-order valence-corrected chi connectivity index (χ4v) is 1.67. The summed E-state index contributed by atoms with van der Waals surface area (Å²) in [7, 11) is 0. The van der Waals surface area contributed by atoms with Crippen LogP contribution in [-0.4, -0.2) is 19.1 Å². The largest absolute Gasteiger partial charge is 0.365 e. The van der Waals surface area contributed by atoms with Gasteiger partial charge in [0.2, 0.25) is 0 Å². The first kappa shape index (κ1) is 8.40. The second-order valence-electron chi connectivity index (χ2n) is 3.50. The van der Waals surface area contributed by atoms with Crippen LogP contribution >= 0.6 is 0 Å². The average Bonchev–Trinajstić information content (AvgIpc) is 2.20. The molecule has 0 bridgehead atoms. The molecule has 0 spiro atoms. The molecule has 1 aliphatic rings. The lowest BCUT2D eigenvalue weighted by molar-refractivity contribution is 0.501. The third-order valence-corrected chi connectivity index (χ3v) is 2.51. The molecule has 2 nitrogen and oxygen atoms in total. The van der Waals surface area contributed by atoms with Gasteiger partial charge in [0.05, 0.1) is 5.69 Å². The smallest absolute Gasteiger partial charge is 0.0883 e. The van der Waals surface area contributed by atoms with E-state index < -0.39 is 0 Å². The minimum atomic E-state index is 0.393. The predicted molar refractivity (Wildman–Crippen MR) is 53.5 cm³/mol. The first-order valence-electron chi connectivity index (χ1n) is 4.75. The molecule has 1 saturated heterocycles. The quantitative estimate of drug-likeness (QED) is 0.693. The van der Waals surface area contributed by atoms with Gasteiger partial charge in [-0.15, -0.1) is 0 Å². The molecule has 1 aromatic carbocycles. The monoisotopic (exact) mass is 174 g/mol. The van der Waals surface area contributed by atoms with E-state index in [1.165, 1.54) is 0 Å². The Kier molecular flexibility index (Phi) is 2.37. The summed E-state index contributed by atoms with van der Waals surface area (Å²) < 4.78 is 0. The molecule has 1 fully saturated rings. The summed E-state index contributed by atoms with van der Waals surface area (Å²) in [5.41, 5.74) is 6.98. The van der Waals surface area contributed by atoms with Gasteiger partial charge in [0, 0.05) is 19.1 Å². The molecule has 2 N–H and O–H groups in total. The number of anilines is 1. The molecule has 0 aliphatic carbocycles. The van der Waals surface area contributed by atoms with E-state index in [0.717, 1.165) is 31.6 Å². The summed E-state index contributed by atoms with van der Waals surface area (Å²) in [6.45, 7) is 2.10. The van der Waals surface area contributed by atoms with Gasteiger partial charge in [0.25, 0.3) is 0 Å². The van der Waals surface area contributed by atoms with Gasteiger partial charge >= 0.3 is 0 Å². The number of piperidine rings is 1. The summed E-state index contributed by atoms with van der Waals surface area (Å²) in [5.74, 6) is 0. The highest BCUT2D eigenvalue weighted by Gasteiger charge is 2.15. The maximum absolute atomic E-state index is 5.83. The molecular formula is C11H14N2. The number of rotatable bonds is 1. The minimum Gasteiger partial charge on any atom is -0.365 e. The van der Waals surface area contributed by atoms with Crippen LogP contribution in [0.1, 0.15) is 12.8 Å². The lowest BCUT2D eigenvalue weighted by atomic mass is 10.1. The fourth-order valence-electron chi connectivity index (χ4n) is 1.67. The number of nitrogens with zero attached hydrogens (tertiary/aromatic N) is 1. The van der Waals surface area contributed by atoms with Crippen LogP contribution in [0.3, 0.4) is 0 Å². The second-order valence-corrected chi connectivity index (χ2v) is 3.50. The van der Waals surface area contributed by atoms with E-state index in [1.54, 1.807) is 0 Å². The maximum Gasteiger partial charge on any atom is 0.0883 e. The first-order valence-corrected chi connectivity index (χ1v) is 4.75. The molecule has 0 radical (unpaired) electrons. The average molecular weight is 174 g/mol. The Bertz CT molecular complexity index is 250. The third-order valence-electron chi connectivity index (χ3n) is 2.51. The molecule has 0 aromatic heterocycles. The summed E-state index contributed by atoms with van der Waals surface area (Å²) >= 11 is 0. The van der Waals surface area contributed by atoms with Crippen molar-refractivity contribution in [1.29, 1.82) is 0 Å². The Labute approximate surface area is 79.4 Å². The highest BCUT2D eigenvalue weighted by Crippen LogP contribution is 2.16. The topological polar surface area (TPSA) is 29.3 Å². The van der Waals surface area contributed by atoms with Crippen molar-refractivity contribution in [3.05, 3.63) is 30.3 Å². The van der Waals surface area contributed by atoms with E-state index in [9.17, 15) is 0 Å². The highest BCUT2D eigenvalue weighted by molar-refractivity contribution is 5.42. The van der Waals surface area contributed by atoms with Gasteiger partial charge in [0.15, 0.2) is 0 Å². The van der Waals surface area contributed by atoms with Gasteiger partial charge < -0.3 is 10.6 Å². The van der Waals surface area contributed by atoms with Crippen LogP contribution in [0.4, 0.5) is 5.69 Å². The van der Waals surface area contributed by atoms with Crippen molar-refractivity contribution in [3.8, 4) is 0 Å². The van der Waals surface area contributed by atoms with E-state index in [2.05, 4.69) is 23.1 Å². The van der Waals surface area contributed by atoms with Crippen LogP contribution in [0.15, 0.2) is 18.2 Å². The number of hydrogen-bond donors (Lipinski definition) is 1. The van der Waals surface area contributed by atoms with Gasteiger partial charge in [-0.05, 0) is 31.0 Å². The van der Waals surface area contributed by atoms with Crippen LogP contribution < -0.4 is 10.6 Å². The zero-order valence-corrected chi connectivity index (χ0v) is 7.66. The molecule has 2 heteroatoms. The minimum absolute atomic E-state index is 0.393. The summed E-state index contributed by atoms with van der Waals surface area (Å²) in [6, 6.07) is 12.4. The van der Waals surface area contributed by atoms with E-state index >= 15 is 0 Å². The molecule has 0 atom stereocenters. The Morgan fingerprint density at radius 3 is 2.77 bits per heavy atom. The van der Waals surface area contributed by atoms with Gasteiger partial charge in [-0.25, -0.2) is 0 Å². The van der Waals surface area contributed by atoms with Crippen LogP contribution in [0.2, 0.25) is 0 Å². The molecule has 0 unspecified atom stereocenters. The van der Waals surface area contributed by atoms with E-state index in [1.807, 2.05) is 12.1 Å². The second kappa shape index (κ2) is 3.68. The van der Waals surface area contributed by atoms with Crippen LogP contribution in [-0.2, 0) is 0 Å². The number of nitrogens with two attached hydrogens (primary N) is 1. The van der Waals surface area contributed by atoms with Crippen molar-refractivity contribution >= 4 is 5.69 Å². The normalized spacial score (nSPS) is 18.4. The van der Waals surface area contributed by atoms with Crippen molar-refractivity contribution in [3.63, 3.8) is 0 Å². The molecule has 68 valence electrons. The van der Waals surface area contributed by atoms with Gasteiger partial charge in [-0.3, -0.25) is 0 Å². The zero-order chi connectivity index (χ0) is 9.10. The fraction of sp³-hybridized carbons (Fsp3) is 0.455. The Morgan fingerprint density at radius 2 is 2.15 bits per heavy atom. The van der Waals surface area contributed by atoms with E-state index in [0.29, 0.717) is 6.04 Å². The third kappa shape index (κ3) is 1.93. The Morgan fingerprint density at radius 1 is 1.38 bits per heavy atom. The lowest BCUT2D eigenvalue weighted by Crippen LogP contribution is -2.39. The molecule has 13 heavy (non-hydrogen) atoms. The SMILES string of the molecule is NC1CCN(c2c#cccc2)CC1. The zero-order valence-electron chi connectivity index (χ0n) is 7.66. The van der Waals surface area contributed by atoms with Gasteiger partial charge in [-0.1, -0.05) is 12.1 Å². The Balaban J connectivity index is 2.03. The van der Waals surface area contributed by atoms with Crippen LogP contribution in [0.25, 0.3) is 0 Å². The van der Waals surface area contributed by atoms with E-state index in [4.69, 9.17) is 5.73 Å². The predicted octanol–water partition coefficient (Wildman–Crippen LogP) is 1.21. The standard InChI is InChI=1S/C11H14N2/c12-10-6-8-13(9-7-10)11-4-2-1-3-5-11/h1-2,4,10H,6-9,12H2. The summed E-state index contributed by atoms with van der Waals surface area (Å²) in [4.78, 5) is 2.32. The Hall–Kier alpha value is -1.20. The van der Waals surface area contributed by atoms with Crippen molar-refractivity contribution in [2.24, 2.45) is 5.73 Å². The van der Waals surface area contributed by atoms with Crippen LogP contribution in [0, 0.1) is 12.1 Å². The van der Waals surface area contributed by atoms with Crippen molar-refractivity contribution < 1.29 is 0 Å². The van der Waals surface area contributed by atoms with Gasteiger partial charge in [0.1, 0.15) is 0 Å². The van der Waals surface area contributed by atoms with Gasteiger partial charge in [-0.2, -0.15) is 0 Å². The van der Waals surface area contributed by atoms with Crippen molar-refractivity contribution in [1.82, 2.24) is 0 Å². The van der Waals surface area contributed by atoms with E-state index in [-0.39, 0.29) is 0 Å². The van der Waals surface area contributed by atoms with Crippen LogP contribution in [0.5, 0.6) is 0 Å². The number of hydrogen-bond acceptors (Lipinski definition) is 2. The highest BCUT2D eigenvalue weighted by atomic mass is 15.1. The molecule has 2 rings (SSSR count).